The first-order valence-corrected chi connectivity index (χ1v) is 8.25. The van der Waals surface area contributed by atoms with Crippen LogP contribution in [-0.4, -0.2) is 60.1 Å². The summed E-state index contributed by atoms with van der Waals surface area (Å²) < 4.78 is 0. The van der Waals surface area contributed by atoms with Crippen LogP contribution in [0, 0.1) is 11.3 Å². The summed E-state index contributed by atoms with van der Waals surface area (Å²) in [5, 5.41) is 21.4. The Hall–Kier alpha value is -1.78. The van der Waals surface area contributed by atoms with E-state index in [1.54, 1.807) is 24.4 Å². The molecule has 0 bridgehead atoms. The molecule has 128 valence electrons. The molecule has 0 aromatic heterocycles. The molecule has 1 aromatic rings. The topological polar surface area (TPSA) is 79.6 Å². The molecule has 1 fully saturated rings. The Kier molecular flexibility index (Phi) is 6.88. The average molecular weight is 369 g/mol. The number of carbonyl (C=O) groups excluding carboxylic acids is 1. The Morgan fingerprint density at radius 3 is 2.67 bits per heavy atom. The highest BCUT2D eigenvalue weighted by Crippen LogP contribution is 2.29. The second-order valence-corrected chi connectivity index (χ2v) is 6.10. The molecule has 6 nitrogen and oxygen atoms in total. The number of β-amino-alcohol motifs (C(OH)–C–C–N with tert-alkyl or cyclic N) is 1. The van der Waals surface area contributed by atoms with Gasteiger partial charge in [-0.3, -0.25) is 9.69 Å². The smallest absolute Gasteiger partial charge is 0.267 e. The normalized spacial score (nSPS) is 15.9. The first-order valence-electron chi connectivity index (χ1n) is 7.49. The summed E-state index contributed by atoms with van der Waals surface area (Å²) in [4.78, 5) is 16.3. The molecule has 1 aliphatic rings. The number of aliphatic hydroxyl groups is 1. The molecule has 0 spiro atoms. The van der Waals surface area contributed by atoms with E-state index in [0.29, 0.717) is 30.3 Å². The molecule has 0 unspecified atom stereocenters. The zero-order valence-electron chi connectivity index (χ0n) is 13.0. The van der Waals surface area contributed by atoms with Crippen molar-refractivity contribution in [3.05, 3.63) is 40.0 Å². The van der Waals surface area contributed by atoms with E-state index in [0.717, 1.165) is 13.1 Å². The summed E-state index contributed by atoms with van der Waals surface area (Å²) in [6.45, 7) is 3.69. The van der Waals surface area contributed by atoms with Crippen LogP contribution in [0.3, 0.4) is 0 Å². The van der Waals surface area contributed by atoms with E-state index in [1.807, 2.05) is 11.0 Å². The van der Waals surface area contributed by atoms with Gasteiger partial charge in [0.15, 0.2) is 0 Å². The lowest BCUT2D eigenvalue weighted by atomic mass is 10.2. The molecule has 0 aliphatic carbocycles. The number of hydrogen-bond acceptors (Lipinski definition) is 5. The Labute approximate surface area is 150 Å². The highest BCUT2D eigenvalue weighted by atomic mass is 35.5. The molecule has 0 radical (unpaired) electrons. The molecule has 0 saturated carbocycles. The fourth-order valence-corrected chi connectivity index (χ4v) is 2.72. The molecule has 24 heavy (non-hydrogen) atoms. The summed E-state index contributed by atoms with van der Waals surface area (Å²) in [6.07, 6.45) is 1.56. The molecule has 2 N–H and O–H groups in total. The lowest BCUT2D eigenvalue weighted by Crippen LogP contribution is -2.45. The lowest BCUT2D eigenvalue weighted by molar-refractivity contribution is -0.112. The van der Waals surface area contributed by atoms with Gasteiger partial charge in [-0.05, 0) is 12.1 Å². The van der Waals surface area contributed by atoms with Crippen molar-refractivity contribution in [3.63, 3.8) is 0 Å². The third-order valence-corrected chi connectivity index (χ3v) is 4.52. The molecular formula is C16H18Cl2N4O2. The van der Waals surface area contributed by atoms with Crippen LogP contribution < -0.4 is 5.32 Å². The second-order valence-electron chi connectivity index (χ2n) is 5.31. The predicted molar refractivity (Wildman–Crippen MR) is 93.9 cm³/mol. The summed E-state index contributed by atoms with van der Waals surface area (Å²) in [7, 11) is 0. The van der Waals surface area contributed by atoms with Gasteiger partial charge in [-0.1, -0.05) is 29.3 Å². The van der Waals surface area contributed by atoms with Crippen LogP contribution in [-0.2, 0) is 4.79 Å². The molecule has 1 aliphatic heterocycles. The number of nitriles is 1. The maximum atomic E-state index is 12.3. The van der Waals surface area contributed by atoms with E-state index in [-0.39, 0.29) is 17.2 Å². The fourth-order valence-electron chi connectivity index (χ4n) is 2.37. The number of hydrogen-bond donors (Lipinski definition) is 2. The van der Waals surface area contributed by atoms with Crippen molar-refractivity contribution in [1.82, 2.24) is 9.80 Å². The maximum Gasteiger partial charge on any atom is 0.267 e. The molecule has 0 atom stereocenters. The standard InChI is InChI=1S/C16H18Cl2N4O2/c17-13-2-1-3-14(15(13)18)20-16(24)12(10-19)11-22-6-4-21(5-7-22)8-9-23/h1-3,11,23H,4-9H2,(H,20,24)/b12-11-. The SMILES string of the molecule is N#C/C(=C/N1CCN(CCO)CC1)C(=O)Nc1cccc(Cl)c1Cl. The molecular weight excluding hydrogens is 351 g/mol. The highest BCUT2D eigenvalue weighted by molar-refractivity contribution is 6.44. The van der Waals surface area contributed by atoms with Crippen LogP contribution in [0.1, 0.15) is 0 Å². The van der Waals surface area contributed by atoms with Gasteiger partial charge in [-0.2, -0.15) is 5.26 Å². The van der Waals surface area contributed by atoms with E-state index in [1.165, 1.54) is 0 Å². The minimum absolute atomic E-state index is 0.00153. The average Bonchev–Trinajstić information content (AvgIpc) is 2.58. The van der Waals surface area contributed by atoms with Crippen molar-refractivity contribution in [2.75, 3.05) is 44.6 Å². The molecule has 1 heterocycles. The number of rotatable bonds is 5. The third-order valence-electron chi connectivity index (χ3n) is 3.70. The minimum atomic E-state index is -0.528. The predicted octanol–water partition coefficient (Wildman–Crippen LogP) is 1.95. The van der Waals surface area contributed by atoms with Gasteiger partial charge in [0.25, 0.3) is 5.91 Å². The zero-order chi connectivity index (χ0) is 17.5. The summed E-state index contributed by atoms with van der Waals surface area (Å²) >= 11 is 11.9. The van der Waals surface area contributed by atoms with Crippen molar-refractivity contribution < 1.29 is 9.90 Å². The molecule has 1 aromatic carbocycles. The van der Waals surface area contributed by atoms with Gasteiger partial charge in [0, 0.05) is 38.9 Å². The minimum Gasteiger partial charge on any atom is -0.395 e. The fraction of sp³-hybridized carbons (Fsp3) is 0.375. The summed E-state index contributed by atoms with van der Waals surface area (Å²) in [5.74, 6) is -0.528. The Bertz CT molecular complexity index is 665. The lowest BCUT2D eigenvalue weighted by Gasteiger charge is -2.33. The van der Waals surface area contributed by atoms with E-state index in [2.05, 4.69) is 10.2 Å². The summed E-state index contributed by atoms with van der Waals surface area (Å²) in [5.41, 5.74) is 0.365. The van der Waals surface area contributed by atoms with Crippen LogP contribution in [0.4, 0.5) is 5.69 Å². The third kappa shape index (κ3) is 4.86. The quantitative estimate of drug-likeness (QED) is 0.613. The van der Waals surface area contributed by atoms with Crippen LogP contribution in [0.25, 0.3) is 0 Å². The highest BCUT2D eigenvalue weighted by Gasteiger charge is 2.17. The van der Waals surface area contributed by atoms with Gasteiger partial charge in [-0.15, -0.1) is 0 Å². The number of nitrogens with zero attached hydrogens (tertiary/aromatic N) is 3. The number of carbonyl (C=O) groups is 1. The van der Waals surface area contributed by atoms with Crippen molar-refractivity contribution in [1.29, 1.82) is 5.26 Å². The number of anilines is 1. The van der Waals surface area contributed by atoms with Gasteiger partial charge in [-0.25, -0.2) is 0 Å². The van der Waals surface area contributed by atoms with Gasteiger partial charge in [0.1, 0.15) is 11.6 Å². The number of aliphatic hydroxyl groups excluding tert-OH is 1. The zero-order valence-corrected chi connectivity index (χ0v) is 14.5. The van der Waals surface area contributed by atoms with Crippen LogP contribution in [0.15, 0.2) is 30.0 Å². The molecule has 1 amide bonds. The van der Waals surface area contributed by atoms with Crippen LogP contribution in [0.2, 0.25) is 10.0 Å². The largest absolute Gasteiger partial charge is 0.395 e. The van der Waals surface area contributed by atoms with E-state index >= 15 is 0 Å². The first kappa shape index (κ1) is 18.6. The second kappa shape index (κ2) is 8.90. The monoisotopic (exact) mass is 368 g/mol. The van der Waals surface area contributed by atoms with Gasteiger partial charge >= 0.3 is 0 Å². The van der Waals surface area contributed by atoms with E-state index in [4.69, 9.17) is 28.3 Å². The molecule has 8 heteroatoms. The molecule has 2 rings (SSSR count). The van der Waals surface area contributed by atoms with Crippen LogP contribution in [0.5, 0.6) is 0 Å². The van der Waals surface area contributed by atoms with Gasteiger partial charge < -0.3 is 15.3 Å². The van der Waals surface area contributed by atoms with Crippen molar-refractivity contribution in [3.8, 4) is 6.07 Å². The van der Waals surface area contributed by atoms with Gasteiger partial charge in [0.2, 0.25) is 0 Å². The maximum absolute atomic E-state index is 12.3. The number of nitrogens with one attached hydrogen (secondary N) is 1. The number of halogens is 2. The first-order chi connectivity index (χ1) is 11.5. The number of amides is 1. The Balaban J connectivity index is 2.02. The Morgan fingerprint density at radius 2 is 2.04 bits per heavy atom. The summed E-state index contributed by atoms with van der Waals surface area (Å²) in [6, 6.07) is 6.82. The van der Waals surface area contributed by atoms with Crippen molar-refractivity contribution in [2.45, 2.75) is 0 Å². The Morgan fingerprint density at radius 1 is 1.33 bits per heavy atom. The number of piperazine rings is 1. The van der Waals surface area contributed by atoms with Gasteiger partial charge in [0.05, 0.1) is 22.3 Å². The van der Waals surface area contributed by atoms with Crippen LogP contribution >= 0.6 is 23.2 Å². The van der Waals surface area contributed by atoms with Crippen molar-refractivity contribution in [2.24, 2.45) is 0 Å². The van der Waals surface area contributed by atoms with E-state index in [9.17, 15) is 10.1 Å². The van der Waals surface area contributed by atoms with E-state index < -0.39 is 5.91 Å². The van der Waals surface area contributed by atoms with Crippen molar-refractivity contribution >= 4 is 34.8 Å². The number of benzene rings is 1. The molecule has 1 saturated heterocycles.